The fraction of sp³-hybridized carbons (Fsp3) is 0.786. The standard InChI is InChI=1S/C14H26N4/c1-11(2)14-10-18(7-6-16(14)4)9-13-8-12(3)17(5)15-13/h8,11,14H,6-7,9-10H2,1-5H3/t14-/m1/s1. The van der Waals surface area contributed by atoms with Crippen LogP contribution in [0.3, 0.4) is 0 Å². The minimum atomic E-state index is 0.670. The molecule has 2 rings (SSSR count). The van der Waals surface area contributed by atoms with Crippen LogP contribution in [0.4, 0.5) is 0 Å². The zero-order chi connectivity index (χ0) is 13.3. The molecule has 0 bridgehead atoms. The molecule has 0 unspecified atom stereocenters. The Morgan fingerprint density at radius 1 is 1.33 bits per heavy atom. The van der Waals surface area contributed by atoms with Crippen LogP contribution in [0.15, 0.2) is 6.07 Å². The number of rotatable bonds is 3. The monoisotopic (exact) mass is 250 g/mol. The fourth-order valence-electron chi connectivity index (χ4n) is 2.76. The minimum Gasteiger partial charge on any atom is -0.301 e. The van der Waals surface area contributed by atoms with E-state index in [1.54, 1.807) is 0 Å². The molecule has 0 spiro atoms. The highest BCUT2D eigenvalue weighted by Crippen LogP contribution is 2.17. The summed E-state index contributed by atoms with van der Waals surface area (Å²) in [5.74, 6) is 0.711. The van der Waals surface area contributed by atoms with Crippen molar-refractivity contribution in [2.24, 2.45) is 13.0 Å². The Morgan fingerprint density at radius 2 is 2.06 bits per heavy atom. The molecule has 0 saturated carbocycles. The third-order valence-corrected chi connectivity index (χ3v) is 4.10. The van der Waals surface area contributed by atoms with Gasteiger partial charge in [0.05, 0.1) is 5.69 Å². The summed E-state index contributed by atoms with van der Waals surface area (Å²) in [6, 6.07) is 2.87. The van der Waals surface area contributed by atoms with E-state index in [-0.39, 0.29) is 0 Å². The molecule has 2 heterocycles. The maximum absolute atomic E-state index is 4.55. The fourth-order valence-corrected chi connectivity index (χ4v) is 2.76. The molecule has 0 N–H and O–H groups in total. The second-order valence-electron chi connectivity index (χ2n) is 5.93. The summed E-state index contributed by atoms with van der Waals surface area (Å²) >= 11 is 0. The van der Waals surface area contributed by atoms with E-state index < -0.39 is 0 Å². The molecule has 0 amide bonds. The van der Waals surface area contributed by atoms with Crippen LogP contribution < -0.4 is 0 Å². The van der Waals surface area contributed by atoms with Gasteiger partial charge in [-0.15, -0.1) is 0 Å². The normalized spacial score (nSPS) is 22.9. The molecular formula is C14H26N4. The number of hydrogen-bond acceptors (Lipinski definition) is 3. The molecule has 0 aliphatic carbocycles. The SMILES string of the molecule is Cc1cc(CN2CCN(C)[C@@H](C(C)C)C2)nn1C. The minimum absolute atomic E-state index is 0.670. The molecule has 1 aliphatic heterocycles. The number of aromatic nitrogens is 2. The molecular weight excluding hydrogens is 224 g/mol. The molecule has 0 aromatic carbocycles. The van der Waals surface area contributed by atoms with Gasteiger partial charge < -0.3 is 4.90 Å². The van der Waals surface area contributed by atoms with E-state index in [1.165, 1.54) is 11.4 Å². The lowest BCUT2D eigenvalue weighted by Gasteiger charge is -2.41. The smallest absolute Gasteiger partial charge is 0.0767 e. The molecule has 102 valence electrons. The summed E-state index contributed by atoms with van der Waals surface area (Å²) in [4.78, 5) is 5.03. The van der Waals surface area contributed by atoms with Gasteiger partial charge in [-0.25, -0.2) is 0 Å². The lowest BCUT2D eigenvalue weighted by Crippen LogP contribution is -2.53. The third kappa shape index (κ3) is 2.93. The van der Waals surface area contributed by atoms with E-state index in [9.17, 15) is 0 Å². The Hall–Kier alpha value is -0.870. The Labute approximate surface area is 111 Å². The van der Waals surface area contributed by atoms with E-state index in [0.29, 0.717) is 12.0 Å². The second-order valence-corrected chi connectivity index (χ2v) is 5.93. The Balaban J connectivity index is 1.98. The zero-order valence-corrected chi connectivity index (χ0v) is 12.3. The summed E-state index contributed by atoms with van der Waals surface area (Å²) in [5, 5.41) is 4.55. The van der Waals surface area contributed by atoms with Gasteiger partial charge in [-0.05, 0) is 26.0 Å². The van der Waals surface area contributed by atoms with Crippen molar-refractivity contribution in [3.8, 4) is 0 Å². The van der Waals surface area contributed by atoms with Gasteiger partial charge in [-0.1, -0.05) is 13.8 Å². The average Bonchev–Trinajstić information content (AvgIpc) is 2.60. The highest BCUT2D eigenvalue weighted by molar-refractivity contribution is 5.08. The third-order valence-electron chi connectivity index (χ3n) is 4.10. The molecule has 1 fully saturated rings. The zero-order valence-electron chi connectivity index (χ0n) is 12.3. The van der Waals surface area contributed by atoms with Crippen LogP contribution in [0.5, 0.6) is 0 Å². The van der Waals surface area contributed by atoms with E-state index in [1.807, 2.05) is 11.7 Å². The summed E-state index contributed by atoms with van der Waals surface area (Å²) in [7, 11) is 4.26. The first-order valence-corrected chi connectivity index (χ1v) is 6.89. The van der Waals surface area contributed by atoms with Crippen LogP contribution in [0.25, 0.3) is 0 Å². The van der Waals surface area contributed by atoms with Crippen molar-refractivity contribution in [2.45, 2.75) is 33.4 Å². The van der Waals surface area contributed by atoms with Crippen LogP contribution in [0.2, 0.25) is 0 Å². The number of piperazine rings is 1. The number of aryl methyl sites for hydroxylation is 2. The predicted molar refractivity (Wildman–Crippen MR) is 74.5 cm³/mol. The van der Waals surface area contributed by atoms with E-state index in [2.05, 4.69) is 48.8 Å². The molecule has 1 atom stereocenters. The van der Waals surface area contributed by atoms with Crippen molar-refractivity contribution in [1.29, 1.82) is 0 Å². The van der Waals surface area contributed by atoms with Gasteiger partial charge in [0.1, 0.15) is 0 Å². The first-order valence-electron chi connectivity index (χ1n) is 6.89. The first-order chi connectivity index (χ1) is 8.47. The summed E-state index contributed by atoms with van der Waals surface area (Å²) in [6.07, 6.45) is 0. The van der Waals surface area contributed by atoms with Crippen LogP contribution in [0, 0.1) is 12.8 Å². The molecule has 4 heteroatoms. The summed E-state index contributed by atoms with van der Waals surface area (Å²) < 4.78 is 1.96. The van der Waals surface area contributed by atoms with Crippen LogP contribution >= 0.6 is 0 Å². The first kappa shape index (κ1) is 13.6. The lowest BCUT2D eigenvalue weighted by molar-refractivity contribution is 0.0648. The number of likely N-dealkylation sites (N-methyl/N-ethyl adjacent to an activating group) is 1. The van der Waals surface area contributed by atoms with Crippen molar-refractivity contribution in [3.05, 3.63) is 17.5 Å². The van der Waals surface area contributed by atoms with Gasteiger partial charge in [0.15, 0.2) is 0 Å². The molecule has 1 saturated heterocycles. The highest BCUT2D eigenvalue weighted by Gasteiger charge is 2.26. The van der Waals surface area contributed by atoms with Gasteiger partial charge >= 0.3 is 0 Å². The van der Waals surface area contributed by atoms with E-state index in [0.717, 1.165) is 26.2 Å². The van der Waals surface area contributed by atoms with Crippen molar-refractivity contribution in [3.63, 3.8) is 0 Å². The summed E-state index contributed by atoms with van der Waals surface area (Å²) in [6.45, 7) is 11.2. The Morgan fingerprint density at radius 3 is 2.61 bits per heavy atom. The van der Waals surface area contributed by atoms with E-state index >= 15 is 0 Å². The van der Waals surface area contributed by atoms with E-state index in [4.69, 9.17) is 0 Å². The maximum atomic E-state index is 4.55. The van der Waals surface area contributed by atoms with Crippen molar-refractivity contribution in [1.82, 2.24) is 19.6 Å². The molecule has 18 heavy (non-hydrogen) atoms. The van der Waals surface area contributed by atoms with Crippen LogP contribution in [-0.4, -0.2) is 52.3 Å². The molecule has 1 aromatic heterocycles. The lowest BCUT2D eigenvalue weighted by atomic mass is 10.00. The largest absolute Gasteiger partial charge is 0.301 e. The Bertz CT molecular complexity index is 377. The topological polar surface area (TPSA) is 24.3 Å². The predicted octanol–water partition coefficient (Wildman–Crippen LogP) is 1.50. The van der Waals surface area contributed by atoms with Crippen molar-refractivity contribution < 1.29 is 0 Å². The van der Waals surface area contributed by atoms with Gasteiger partial charge in [0.25, 0.3) is 0 Å². The molecule has 1 aliphatic rings. The quantitative estimate of drug-likeness (QED) is 0.812. The van der Waals surface area contributed by atoms with Crippen LogP contribution in [0.1, 0.15) is 25.2 Å². The molecule has 1 aromatic rings. The van der Waals surface area contributed by atoms with Crippen molar-refractivity contribution in [2.75, 3.05) is 26.7 Å². The van der Waals surface area contributed by atoms with Gasteiger partial charge in [0, 0.05) is 45.0 Å². The Kier molecular flexibility index (Phi) is 4.07. The molecule has 0 radical (unpaired) electrons. The molecule has 4 nitrogen and oxygen atoms in total. The summed E-state index contributed by atoms with van der Waals surface area (Å²) in [5.41, 5.74) is 2.43. The van der Waals surface area contributed by atoms with Gasteiger partial charge in [-0.2, -0.15) is 5.10 Å². The van der Waals surface area contributed by atoms with Crippen molar-refractivity contribution >= 4 is 0 Å². The van der Waals surface area contributed by atoms with Crippen LogP contribution in [-0.2, 0) is 13.6 Å². The number of hydrogen-bond donors (Lipinski definition) is 0. The van der Waals surface area contributed by atoms with Gasteiger partial charge in [-0.3, -0.25) is 9.58 Å². The average molecular weight is 250 g/mol. The van der Waals surface area contributed by atoms with Gasteiger partial charge in [0.2, 0.25) is 0 Å². The number of nitrogens with zero attached hydrogens (tertiary/aromatic N) is 4. The second kappa shape index (κ2) is 5.41. The maximum Gasteiger partial charge on any atom is 0.0767 e. The highest BCUT2D eigenvalue weighted by atomic mass is 15.3.